The molecule has 0 atom stereocenters. The second-order valence-electron chi connectivity index (χ2n) is 6.35. The first-order valence-electron chi connectivity index (χ1n) is 7.70. The molecule has 3 heterocycles. The summed E-state index contributed by atoms with van der Waals surface area (Å²) in [4.78, 5) is 26.0. The van der Waals surface area contributed by atoms with Crippen molar-refractivity contribution in [2.24, 2.45) is 10.9 Å². The Bertz CT molecular complexity index is 815. The van der Waals surface area contributed by atoms with Gasteiger partial charge in [0, 0.05) is 36.9 Å². The largest absolute Gasteiger partial charge is 0.346 e. The third-order valence-corrected chi connectivity index (χ3v) is 3.68. The van der Waals surface area contributed by atoms with Gasteiger partial charge in [0.2, 0.25) is 5.96 Å². The summed E-state index contributed by atoms with van der Waals surface area (Å²) in [7, 11) is 1.93. The standard InChI is InChI=1S/C17H21N5O/c1-10(2)9-22(4)17-20-14(16(23)21-17)6-12-8-19-15-13(12)5-11(3)7-18-15/h5-8,10H,9H2,1-4H3,(H,18,19)(H,20,21,23). The summed E-state index contributed by atoms with van der Waals surface area (Å²) < 4.78 is 0. The van der Waals surface area contributed by atoms with Crippen molar-refractivity contribution in [1.29, 1.82) is 0 Å². The summed E-state index contributed by atoms with van der Waals surface area (Å²) in [5.41, 5.74) is 3.21. The van der Waals surface area contributed by atoms with Gasteiger partial charge in [-0.15, -0.1) is 0 Å². The molecule has 0 spiro atoms. The van der Waals surface area contributed by atoms with Crippen LogP contribution < -0.4 is 5.32 Å². The van der Waals surface area contributed by atoms with Gasteiger partial charge in [-0.25, -0.2) is 9.98 Å². The minimum Gasteiger partial charge on any atom is -0.346 e. The van der Waals surface area contributed by atoms with Gasteiger partial charge in [-0.3, -0.25) is 10.1 Å². The van der Waals surface area contributed by atoms with E-state index in [4.69, 9.17) is 0 Å². The first-order valence-corrected chi connectivity index (χ1v) is 7.70. The van der Waals surface area contributed by atoms with Crippen molar-refractivity contribution in [3.05, 3.63) is 35.3 Å². The second kappa shape index (κ2) is 5.87. The monoisotopic (exact) mass is 311 g/mol. The third kappa shape index (κ3) is 3.11. The lowest BCUT2D eigenvalue weighted by molar-refractivity contribution is -0.115. The van der Waals surface area contributed by atoms with Crippen molar-refractivity contribution < 1.29 is 4.79 Å². The molecule has 2 N–H and O–H groups in total. The maximum Gasteiger partial charge on any atom is 0.276 e. The molecule has 0 saturated heterocycles. The van der Waals surface area contributed by atoms with Gasteiger partial charge in [0.25, 0.3) is 5.91 Å². The quantitative estimate of drug-likeness (QED) is 0.854. The summed E-state index contributed by atoms with van der Waals surface area (Å²) in [6, 6.07) is 2.05. The second-order valence-corrected chi connectivity index (χ2v) is 6.35. The number of carbonyl (C=O) groups excluding carboxylic acids is 1. The Morgan fingerprint density at radius 1 is 1.39 bits per heavy atom. The number of pyridine rings is 1. The molecule has 0 radical (unpaired) electrons. The van der Waals surface area contributed by atoms with Gasteiger partial charge in [-0.1, -0.05) is 13.8 Å². The summed E-state index contributed by atoms with van der Waals surface area (Å²) in [5.74, 6) is 0.921. The number of aryl methyl sites for hydroxylation is 1. The predicted octanol–water partition coefficient (Wildman–Crippen LogP) is 2.29. The number of rotatable bonds is 3. The van der Waals surface area contributed by atoms with Crippen molar-refractivity contribution in [1.82, 2.24) is 20.2 Å². The van der Waals surface area contributed by atoms with Crippen molar-refractivity contribution in [2.45, 2.75) is 20.8 Å². The van der Waals surface area contributed by atoms with E-state index in [0.717, 1.165) is 28.7 Å². The average Bonchev–Trinajstić information content (AvgIpc) is 3.03. The number of guanidine groups is 1. The van der Waals surface area contributed by atoms with Gasteiger partial charge >= 0.3 is 0 Å². The van der Waals surface area contributed by atoms with Gasteiger partial charge < -0.3 is 9.88 Å². The minimum atomic E-state index is -0.175. The third-order valence-electron chi connectivity index (χ3n) is 3.68. The SMILES string of the molecule is Cc1cnc2[nH]cc(C=C3N=C(N(C)CC(C)C)NC3=O)c2c1. The molecule has 120 valence electrons. The summed E-state index contributed by atoms with van der Waals surface area (Å²) in [5, 5.41) is 3.81. The highest BCUT2D eigenvalue weighted by Crippen LogP contribution is 2.21. The van der Waals surface area contributed by atoms with Crippen LogP contribution in [0.2, 0.25) is 0 Å². The van der Waals surface area contributed by atoms with E-state index >= 15 is 0 Å². The maximum absolute atomic E-state index is 12.2. The summed E-state index contributed by atoms with van der Waals surface area (Å²) in [6.07, 6.45) is 5.46. The van der Waals surface area contributed by atoms with Crippen molar-refractivity contribution in [3.8, 4) is 0 Å². The lowest BCUT2D eigenvalue weighted by Gasteiger charge is -2.19. The Kier molecular flexibility index (Phi) is 3.90. The van der Waals surface area contributed by atoms with Crippen LogP contribution in [0.5, 0.6) is 0 Å². The molecule has 1 amide bonds. The van der Waals surface area contributed by atoms with Crippen LogP contribution in [0.3, 0.4) is 0 Å². The van der Waals surface area contributed by atoms with Crippen molar-refractivity contribution in [3.63, 3.8) is 0 Å². The molecule has 1 aliphatic heterocycles. The fourth-order valence-corrected chi connectivity index (χ4v) is 2.67. The number of carbonyl (C=O) groups is 1. The first kappa shape index (κ1) is 15.3. The Labute approximate surface area is 135 Å². The molecule has 0 fully saturated rings. The van der Waals surface area contributed by atoms with E-state index in [0.29, 0.717) is 17.6 Å². The molecular formula is C17H21N5O. The fraction of sp³-hybridized carbons (Fsp3) is 0.353. The highest BCUT2D eigenvalue weighted by atomic mass is 16.2. The normalized spacial score (nSPS) is 16.3. The number of aromatic amines is 1. The average molecular weight is 311 g/mol. The van der Waals surface area contributed by atoms with Gasteiger partial charge in [0.05, 0.1) is 0 Å². The van der Waals surface area contributed by atoms with Gasteiger partial charge in [-0.05, 0) is 30.5 Å². The molecule has 0 aromatic carbocycles. The lowest BCUT2D eigenvalue weighted by atomic mass is 10.1. The van der Waals surface area contributed by atoms with Gasteiger partial charge in [0.15, 0.2) is 0 Å². The number of H-pyrrole nitrogens is 1. The lowest BCUT2D eigenvalue weighted by Crippen LogP contribution is -2.39. The van der Waals surface area contributed by atoms with E-state index in [9.17, 15) is 4.79 Å². The van der Waals surface area contributed by atoms with E-state index in [1.165, 1.54) is 0 Å². The Hall–Kier alpha value is -2.63. The number of aliphatic imine (C=N–C) groups is 1. The number of aromatic nitrogens is 2. The highest BCUT2D eigenvalue weighted by Gasteiger charge is 2.23. The van der Waals surface area contributed by atoms with Crippen LogP contribution in [0.1, 0.15) is 25.0 Å². The first-order chi connectivity index (χ1) is 10.9. The van der Waals surface area contributed by atoms with Crippen LogP contribution in [0.25, 0.3) is 17.1 Å². The zero-order valence-electron chi connectivity index (χ0n) is 13.8. The topological polar surface area (TPSA) is 73.4 Å². The van der Waals surface area contributed by atoms with Crippen LogP contribution in [0, 0.1) is 12.8 Å². The molecule has 23 heavy (non-hydrogen) atoms. The zero-order valence-corrected chi connectivity index (χ0v) is 13.8. The van der Waals surface area contributed by atoms with Crippen LogP contribution in [0.15, 0.2) is 29.1 Å². The van der Waals surface area contributed by atoms with Crippen molar-refractivity contribution >= 4 is 29.0 Å². The highest BCUT2D eigenvalue weighted by molar-refractivity contribution is 6.14. The smallest absolute Gasteiger partial charge is 0.276 e. The van der Waals surface area contributed by atoms with Crippen LogP contribution in [-0.4, -0.2) is 40.3 Å². The molecule has 2 aromatic heterocycles. The number of nitrogens with zero attached hydrogens (tertiary/aromatic N) is 3. The minimum absolute atomic E-state index is 0.175. The number of fused-ring (bicyclic) bond motifs is 1. The van der Waals surface area contributed by atoms with Crippen molar-refractivity contribution in [2.75, 3.05) is 13.6 Å². The van der Waals surface area contributed by atoms with E-state index < -0.39 is 0 Å². The van der Waals surface area contributed by atoms with E-state index in [2.05, 4.69) is 34.1 Å². The zero-order chi connectivity index (χ0) is 16.6. The number of hydrogen-bond acceptors (Lipinski definition) is 4. The molecule has 6 heteroatoms. The molecule has 2 aromatic rings. The molecule has 1 aliphatic rings. The predicted molar refractivity (Wildman–Crippen MR) is 91.9 cm³/mol. The molecule has 0 bridgehead atoms. The Balaban J connectivity index is 1.93. The molecule has 6 nitrogen and oxygen atoms in total. The van der Waals surface area contributed by atoms with E-state index in [-0.39, 0.29) is 5.91 Å². The molecule has 0 aliphatic carbocycles. The molecular weight excluding hydrogens is 290 g/mol. The number of amides is 1. The maximum atomic E-state index is 12.2. The Morgan fingerprint density at radius 3 is 2.91 bits per heavy atom. The van der Waals surface area contributed by atoms with Crippen LogP contribution >= 0.6 is 0 Å². The van der Waals surface area contributed by atoms with Crippen LogP contribution in [-0.2, 0) is 4.79 Å². The van der Waals surface area contributed by atoms with Crippen LogP contribution in [0.4, 0.5) is 0 Å². The fourth-order valence-electron chi connectivity index (χ4n) is 2.67. The van der Waals surface area contributed by atoms with E-state index in [1.807, 2.05) is 37.3 Å². The number of nitrogens with one attached hydrogen (secondary N) is 2. The Morgan fingerprint density at radius 2 is 2.17 bits per heavy atom. The van der Waals surface area contributed by atoms with Gasteiger partial charge in [0.1, 0.15) is 11.3 Å². The summed E-state index contributed by atoms with van der Waals surface area (Å²) >= 11 is 0. The molecule has 0 unspecified atom stereocenters. The van der Waals surface area contributed by atoms with E-state index in [1.54, 1.807) is 6.08 Å². The summed E-state index contributed by atoms with van der Waals surface area (Å²) in [6.45, 7) is 7.09. The molecule has 3 rings (SSSR count). The van der Waals surface area contributed by atoms with Gasteiger partial charge in [-0.2, -0.15) is 0 Å². The molecule has 0 saturated carbocycles. The number of hydrogen-bond donors (Lipinski definition) is 2.